The van der Waals surface area contributed by atoms with Gasteiger partial charge in [0.1, 0.15) is 11.5 Å². The Kier molecular flexibility index (Phi) is 4.79. The Hall–Kier alpha value is -2.27. The van der Waals surface area contributed by atoms with Crippen LogP contribution in [0.5, 0.6) is 0 Å². The van der Waals surface area contributed by atoms with Crippen LogP contribution in [0, 0.1) is 0 Å². The molecule has 0 spiro atoms. The van der Waals surface area contributed by atoms with Gasteiger partial charge < -0.3 is 14.2 Å². The van der Waals surface area contributed by atoms with Crippen molar-refractivity contribution in [1.82, 2.24) is 10.2 Å². The van der Waals surface area contributed by atoms with Gasteiger partial charge in [0.25, 0.3) is 0 Å². The Labute approximate surface area is 117 Å². The van der Waals surface area contributed by atoms with Gasteiger partial charge in [-0.15, -0.1) is 0 Å². The van der Waals surface area contributed by atoms with Crippen LogP contribution < -0.4 is 5.32 Å². The molecule has 20 heavy (non-hydrogen) atoms. The van der Waals surface area contributed by atoms with Gasteiger partial charge in [0.15, 0.2) is 0 Å². The summed E-state index contributed by atoms with van der Waals surface area (Å²) in [6.45, 7) is 0.474. The van der Waals surface area contributed by atoms with Crippen molar-refractivity contribution < 1.29 is 13.6 Å². The molecule has 0 bridgehead atoms. The number of hydrogen-bond acceptors (Lipinski definition) is 4. The molecular formula is C15H18N2O3. The predicted molar refractivity (Wildman–Crippen MR) is 75.9 cm³/mol. The summed E-state index contributed by atoms with van der Waals surface area (Å²) < 4.78 is 10.5. The zero-order chi connectivity index (χ0) is 14.4. The molecule has 2 rings (SSSR count). The lowest BCUT2D eigenvalue weighted by Crippen LogP contribution is -2.33. The van der Waals surface area contributed by atoms with Crippen molar-refractivity contribution in [3.63, 3.8) is 0 Å². The first kappa shape index (κ1) is 14.1. The lowest BCUT2D eigenvalue weighted by molar-refractivity contribution is -0.116. The average molecular weight is 274 g/mol. The summed E-state index contributed by atoms with van der Waals surface area (Å²) in [5.74, 6) is 1.31. The van der Waals surface area contributed by atoms with Gasteiger partial charge in [-0.05, 0) is 44.4 Å². The Morgan fingerprint density at radius 1 is 1.30 bits per heavy atom. The van der Waals surface area contributed by atoms with E-state index in [4.69, 9.17) is 8.83 Å². The highest BCUT2D eigenvalue weighted by Crippen LogP contribution is 2.17. The monoisotopic (exact) mass is 274 g/mol. The normalized spacial score (nSPS) is 12.9. The second-order valence-electron chi connectivity index (χ2n) is 4.59. The van der Waals surface area contributed by atoms with Crippen molar-refractivity contribution in [1.29, 1.82) is 0 Å². The maximum atomic E-state index is 11.7. The molecule has 1 unspecified atom stereocenters. The molecule has 2 aromatic rings. The van der Waals surface area contributed by atoms with E-state index in [1.807, 2.05) is 31.1 Å². The zero-order valence-electron chi connectivity index (χ0n) is 11.6. The number of carbonyl (C=O) groups is 1. The predicted octanol–water partition coefficient (Wildman–Crippen LogP) is 2.30. The van der Waals surface area contributed by atoms with Crippen molar-refractivity contribution in [2.45, 2.75) is 6.04 Å². The molecule has 5 heteroatoms. The molecule has 0 saturated carbocycles. The summed E-state index contributed by atoms with van der Waals surface area (Å²) in [6.07, 6.45) is 6.28. The topological polar surface area (TPSA) is 58.6 Å². The molecule has 0 saturated heterocycles. The molecule has 1 atom stereocenters. The van der Waals surface area contributed by atoms with Crippen LogP contribution in [0.2, 0.25) is 0 Å². The largest absolute Gasteiger partial charge is 0.468 e. The van der Waals surface area contributed by atoms with Crippen molar-refractivity contribution in [2.75, 3.05) is 20.6 Å². The highest BCUT2D eigenvalue weighted by molar-refractivity contribution is 5.91. The van der Waals surface area contributed by atoms with Gasteiger partial charge in [-0.2, -0.15) is 0 Å². The third-order valence-corrected chi connectivity index (χ3v) is 2.91. The van der Waals surface area contributed by atoms with E-state index in [0.29, 0.717) is 12.3 Å². The average Bonchev–Trinajstić information content (AvgIpc) is 3.09. The maximum absolute atomic E-state index is 11.7. The van der Waals surface area contributed by atoms with Crippen molar-refractivity contribution in [2.24, 2.45) is 0 Å². The molecule has 0 aromatic carbocycles. The summed E-state index contributed by atoms with van der Waals surface area (Å²) in [4.78, 5) is 13.7. The summed E-state index contributed by atoms with van der Waals surface area (Å²) >= 11 is 0. The molecule has 1 amide bonds. The summed E-state index contributed by atoms with van der Waals surface area (Å²) in [6, 6.07) is 7.30. The van der Waals surface area contributed by atoms with Crippen LogP contribution in [0.4, 0.5) is 0 Å². The third kappa shape index (κ3) is 3.86. The van der Waals surface area contributed by atoms with Gasteiger partial charge >= 0.3 is 0 Å². The van der Waals surface area contributed by atoms with E-state index >= 15 is 0 Å². The van der Waals surface area contributed by atoms with E-state index in [9.17, 15) is 4.79 Å². The second kappa shape index (κ2) is 6.77. The van der Waals surface area contributed by atoms with Crippen molar-refractivity contribution in [3.05, 3.63) is 54.4 Å². The smallest absolute Gasteiger partial charge is 0.244 e. The second-order valence-corrected chi connectivity index (χ2v) is 4.59. The van der Waals surface area contributed by atoms with Gasteiger partial charge in [-0.3, -0.25) is 9.69 Å². The number of amides is 1. The highest BCUT2D eigenvalue weighted by Gasteiger charge is 2.17. The molecule has 0 aliphatic rings. The summed E-state index contributed by atoms with van der Waals surface area (Å²) in [5, 5.41) is 2.85. The SMILES string of the molecule is CN(C)C(CNC(=O)C=Cc1ccco1)c1ccco1. The van der Waals surface area contributed by atoms with Crippen LogP contribution in [0.1, 0.15) is 17.6 Å². The zero-order valence-corrected chi connectivity index (χ0v) is 11.6. The first-order valence-corrected chi connectivity index (χ1v) is 6.36. The molecule has 106 valence electrons. The number of furan rings is 2. The first-order chi connectivity index (χ1) is 9.66. The first-order valence-electron chi connectivity index (χ1n) is 6.36. The Morgan fingerprint density at radius 2 is 2.05 bits per heavy atom. The molecule has 2 aromatic heterocycles. The Morgan fingerprint density at radius 3 is 2.65 bits per heavy atom. The molecule has 2 heterocycles. The quantitative estimate of drug-likeness (QED) is 0.821. The van der Waals surface area contributed by atoms with Gasteiger partial charge in [-0.1, -0.05) is 0 Å². The van der Waals surface area contributed by atoms with Gasteiger partial charge in [0, 0.05) is 12.6 Å². The lowest BCUT2D eigenvalue weighted by Gasteiger charge is -2.22. The Balaban J connectivity index is 1.88. The number of nitrogens with one attached hydrogen (secondary N) is 1. The third-order valence-electron chi connectivity index (χ3n) is 2.91. The molecule has 5 nitrogen and oxygen atoms in total. The molecule has 0 radical (unpaired) electrons. The number of carbonyl (C=O) groups excluding carboxylic acids is 1. The fourth-order valence-corrected chi connectivity index (χ4v) is 1.82. The minimum Gasteiger partial charge on any atom is -0.468 e. The number of rotatable bonds is 6. The minimum atomic E-state index is -0.167. The standard InChI is InChI=1S/C15H18N2O3/c1-17(2)13(14-6-4-10-20-14)11-16-15(18)8-7-12-5-3-9-19-12/h3-10,13H,11H2,1-2H3,(H,16,18). The molecule has 0 aliphatic carbocycles. The van der Waals surface area contributed by atoms with Crippen molar-refractivity contribution in [3.8, 4) is 0 Å². The molecule has 1 N–H and O–H groups in total. The highest BCUT2D eigenvalue weighted by atomic mass is 16.3. The van der Waals surface area contributed by atoms with E-state index in [1.54, 1.807) is 30.7 Å². The van der Waals surface area contributed by atoms with Gasteiger partial charge in [0.05, 0.1) is 18.6 Å². The van der Waals surface area contributed by atoms with E-state index < -0.39 is 0 Å². The van der Waals surface area contributed by atoms with E-state index in [0.717, 1.165) is 5.76 Å². The number of hydrogen-bond donors (Lipinski definition) is 1. The number of nitrogens with zero attached hydrogens (tertiary/aromatic N) is 1. The fourth-order valence-electron chi connectivity index (χ4n) is 1.82. The van der Waals surface area contributed by atoms with E-state index in [-0.39, 0.29) is 11.9 Å². The van der Waals surface area contributed by atoms with Crippen LogP contribution in [0.3, 0.4) is 0 Å². The molecule has 0 aliphatic heterocycles. The van der Waals surface area contributed by atoms with Crippen LogP contribution >= 0.6 is 0 Å². The van der Waals surface area contributed by atoms with E-state index in [2.05, 4.69) is 5.32 Å². The number of likely N-dealkylation sites (N-methyl/N-ethyl adjacent to an activating group) is 1. The molecule has 0 fully saturated rings. The fraction of sp³-hybridized carbons (Fsp3) is 0.267. The van der Waals surface area contributed by atoms with Crippen LogP contribution in [-0.4, -0.2) is 31.4 Å². The minimum absolute atomic E-state index is 0.00552. The van der Waals surface area contributed by atoms with Gasteiger partial charge in [-0.25, -0.2) is 0 Å². The van der Waals surface area contributed by atoms with Gasteiger partial charge in [0.2, 0.25) is 5.91 Å². The summed E-state index contributed by atoms with van der Waals surface area (Å²) in [5.41, 5.74) is 0. The maximum Gasteiger partial charge on any atom is 0.244 e. The Bertz CT molecular complexity index is 542. The van der Waals surface area contributed by atoms with Crippen LogP contribution in [-0.2, 0) is 4.79 Å². The lowest BCUT2D eigenvalue weighted by atomic mass is 10.2. The van der Waals surface area contributed by atoms with Crippen LogP contribution in [0.25, 0.3) is 6.08 Å². The van der Waals surface area contributed by atoms with Crippen LogP contribution in [0.15, 0.2) is 51.7 Å². The van der Waals surface area contributed by atoms with Crippen molar-refractivity contribution >= 4 is 12.0 Å². The van der Waals surface area contributed by atoms with E-state index in [1.165, 1.54) is 6.08 Å². The molecular weight excluding hydrogens is 256 g/mol. The summed E-state index contributed by atoms with van der Waals surface area (Å²) in [7, 11) is 3.88.